The molecule has 2 aromatic heterocycles. The van der Waals surface area contributed by atoms with Gasteiger partial charge in [-0.1, -0.05) is 18.1 Å². The van der Waals surface area contributed by atoms with Crippen LogP contribution in [-0.2, 0) is 23.1 Å². The Hall–Kier alpha value is -4.38. The maximum Gasteiger partial charge on any atom is 0.491 e. The van der Waals surface area contributed by atoms with Gasteiger partial charge in [0.2, 0.25) is 5.95 Å². The molecule has 37 heavy (non-hydrogen) atoms. The number of halogens is 3. The Morgan fingerprint density at radius 1 is 1.16 bits per heavy atom. The molecule has 0 amide bonds. The first kappa shape index (κ1) is 25.7. The highest BCUT2D eigenvalue weighted by atomic mass is 19.4. The Morgan fingerprint density at radius 2 is 1.86 bits per heavy atom. The number of carbonyl (C=O) groups excluding carboxylic acids is 2. The Bertz CT molecular complexity index is 1480. The molecule has 4 rings (SSSR count). The molecule has 0 aliphatic carbocycles. The van der Waals surface area contributed by atoms with Gasteiger partial charge >= 0.3 is 24.1 Å². The minimum atomic E-state index is -5.36. The molecule has 0 bridgehead atoms. The summed E-state index contributed by atoms with van der Waals surface area (Å²) in [4.78, 5) is 47.6. The van der Waals surface area contributed by atoms with Crippen molar-refractivity contribution in [1.82, 2.24) is 24.4 Å². The third-order valence-corrected chi connectivity index (χ3v) is 5.46. The summed E-state index contributed by atoms with van der Waals surface area (Å²) in [6, 6.07) is 4.87. The zero-order valence-electron chi connectivity index (χ0n) is 19.8. The van der Waals surface area contributed by atoms with Crippen molar-refractivity contribution in [3.63, 3.8) is 0 Å². The lowest BCUT2D eigenvalue weighted by Gasteiger charge is -2.28. The first-order chi connectivity index (χ1) is 17.6. The van der Waals surface area contributed by atoms with Crippen LogP contribution in [0, 0.1) is 11.8 Å². The molecular weight excluding hydrogens is 497 g/mol. The summed E-state index contributed by atoms with van der Waals surface area (Å²) < 4.78 is 49.9. The predicted octanol–water partition coefficient (Wildman–Crippen LogP) is 1.60. The van der Waals surface area contributed by atoms with Gasteiger partial charge in [-0.3, -0.25) is 13.9 Å². The lowest BCUT2D eigenvalue weighted by molar-refractivity contribution is -0.193. The van der Waals surface area contributed by atoms with Crippen molar-refractivity contribution in [2.75, 3.05) is 31.1 Å². The molecule has 1 aromatic carbocycles. The van der Waals surface area contributed by atoms with E-state index in [1.54, 1.807) is 11.5 Å². The zero-order chi connectivity index (χ0) is 26.7. The van der Waals surface area contributed by atoms with E-state index in [9.17, 15) is 27.6 Å². The van der Waals surface area contributed by atoms with Crippen LogP contribution in [0.2, 0.25) is 0 Å². The van der Waals surface area contributed by atoms with Gasteiger partial charge in [0.15, 0.2) is 11.2 Å². The van der Waals surface area contributed by atoms with Crippen molar-refractivity contribution < 1.29 is 32.2 Å². The molecule has 1 N–H and O–H groups in total. The first-order valence-electron chi connectivity index (χ1n) is 11.0. The molecule has 1 aliphatic heterocycles. The van der Waals surface area contributed by atoms with Crippen LogP contribution in [-0.4, -0.2) is 63.4 Å². The highest BCUT2D eigenvalue weighted by molar-refractivity contribution is 6.00. The maximum atomic E-state index is 13.3. The Labute approximate surface area is 207 Å². The van der Waals surface area contributed by atoms with Gasteiger partial charge in [0.1, 0.15) is 11.3 Å². The third-order valence-electron chi connectivity index (χ3n) is 5.46. The monoisotopic (exact) mass is 518 g/mol. The Morgan fingerprint density at radius 3 is 2.54 bits per heavy atom. The normalized spacial score (nSPS) is 13.7. The van der Waals surface area contributed by atoms with Crippen LogP contribution in [0.15, 0.2) is 29.1 Å². The SMILES string of the molecule is CC#CCn1c(N2CCNCC2)nc2nc(Oc3ccccc3C(=O)OC(=O)C(F)(F)F)n(C)c(=O)c21. The number of nitrogens with one attached hydrogen (secondary N) is 1. The molecule has 3 heterocycles. The minimum absolute atomic E-state index is 0.0665. The average molecular weight is 518 g/mol. The van der Waals surface area contributed by atoms with E-state index in [1.165, 1.54) is 25.2 Å². The number of rotatable bonds is 5. The van der Waals surface area contributed by atoms with Crippen LogP contribution in [0.25, 0.3) is 11.2 Å². The van der Waals surface area contributed by atoms with E-state index >= 15 is 0 Å². The van der Waals surface area contributed by atoms with Crippen LogP contribution in [0.3, 0.4) is 0 Å². The number of fused-ring (bicyclic) bond motifs is 1. The molecule has 11 nitrogen and oxygen atoms in total. The number of aromatic nitrogens is 4. The highest BCUT2D eigenvalue weighted by Crippen LogP contribution is 2.27. The summed E-state index contributed by atoms with van der Waals surface area (Å²) in [5, 5.41) is 3.24. The lowest BCUT2D eigenvalue weighted by atomic mass is 10.2. The van der Waals surface area contributed by atoms with Crippen molar-refractivity contribution in [3.8, 4) is 23.6 Å². The number of imidazole rings is 1. The van der Waals surface area contributed by atoms with Crippen LogP contribution < -0.4 is 20.5 Å². The van der Waals surface area contributed by atoms with Crippen LogP contribution in [0.1, 0.15) is 17.3 Å². The van der Waals surface area contributed by atoms with Gasteiger partial charge in [0, 0.05) is 33.2 Å². The number of carbonyl (C=O) groups is 2. The van der Waals surface area contributed by atoms with Gasteiger partial charge in [0.05, 0.1) is 6.54 Å². The van der Waals surface area contributed by atoms with Crippen LogP contribution >= 0.6 is 0 Å². The number of piperazine rings is 1. The van der Waals surface area contributed by atoms with Gasteiger partial charge in [-0.05, 0) is 19.1 Å². The van der Waals surface area contributed by atoms with E-state index in [0.717, 1.165) is 23.7 Å². The maximum absolute atomic E-state index is 13.3. The summed E-state index contributed by atoms with van der Waals surface area (Å²) in [6.45, 7) is 4.64. The van der Waals surface area contributed by atoms with Crippen LogP contribution in [0.4, 0.5) is 19.1 Å². The molecule has 1 fully saturated rings. The largest absolute Gasteiger partial charge is 0.491 e. The van der Waals surface area contributed by atoms with Crippen LogP contribution in [0.5, 0.6) is 11.8 Å². The third kappa shape index (κ3) is 5.26. The van der Waals surface area contributed by atoms with E-state index in [1.807, 2.05) is 4.90 Å². The molecular formula is C23H21F3N6O5. The summed E-state index contributed by atoms with van der Waals surface area (Å²) in [5.74, 6) is 1.72. The highest BCUT2D eigenvalue weighted by Gasteiger charge is 2.43. The van der Waals surface area contributed by atoms with E-state index in [0.29, 0.717) is 19.0 Å². The summed E-state index contributed by atoms with van der Waals surface area (Å²) in [5.41, 5.74) is -0.731. The summed E-state index contributed by atoms with van der Waals surface area (Å²) in [6.07, 6.45) is -5.36. The van der Waals surface area contributed by atoms with Crippen molar-refractivity contribution in [3.05, 3.63) is 40.2 Å². The van der Waals surface area contributed by atoms with E-state index in [2.05, 4.69) is 31.9 Å². The number of nitrogens with zero attached hydrogens (tertiary/aromatic N) is 5. The molecule has 1 saturated heterocycles. The smallest absolute Gasteiger partial charge is 0.424 e. The van der Waals surface area contributed by atoms with Crippen molar-refractivity contribution in [1.29, 1.82) is 0 Å². The standard InChI is InChI=1S/C23H21F3N6O5/c1-3-4-11-32-16-17(28-21(32)31-12-9-27-10-13-31)29-22(30(2)18(16)33)36-15-8-6-5-7-14(15)19(34)37-20(35)23(24,25)26/h5-8,27H,9-13H2,1-2H3. The number of alkyl halides is 3. The number of hydrogen-bond donors (Lipinski definition) is 1. The number of ether oxygens (including phenoxy) is 2. The molecule has 0 saturated carbocycles. The van der Waals surface area contributed by atoms with E-state index in [-0.39, 0.29) is 29.5 Å². The summed E-state index contributed by atoms with van der Waals surface area (Å²) >= 11 is 0. The molecule has 0 spiro atoms. The first-order valence-corrected chi connectivity index (χ1v) is 11.0. The van der Waals surface area contributed by atoms with Gasteiger partial charge in [-0.25, -0.2) is 9.59 Å². The second-order valence-corrected chi connectivity index (χ2v) is 7.87. The van der Waals surface area contributed by atoms with Gasteiger partial charge in [-0.2, -0.15) is 23.1 Å². The fourth-order valence-electron chi connectivity index (χ4n) is 3.65. The van der Waals surface area contributed by atoms with Gasteiger partial charge in [-0.15, -0.1) is 5.92 Å². The quantitative estimate of drug-likeness (QED) is 0.305. The Balaban J connectivity index is 1.75. The molecule has 0 atom stereocenters. The Kier molecular flexibility index (Phi) is 7.16. The van der Waals surface area contributed by atoms with E-state index in [4.69, 9.17) is 4.74 Å². The van der Waals surface area contributed by atoms with Crippen molar-refractivity contribution >= 4 is 29.1 Å². The zero-order valence-corrected chi connectivity index (χ0v) is 19.8. The van der Waals surface area contributed by atoms with E-state index < -0.39 is 29.2 Å². The topological polar surface area (TPSA) is 121 Å². The molecule has 14 heteroatoms. The molecule has 1 aliphatic rings. The average Bonchev–Trinajstić information content (AvgIpc) is 3.24. The second kappa shape index (κ2) is 10.3. The molecule has 194 valence electrons. The lowest BCUT2D eigenvalue weighted by Crippen LogP contribution is -2.44. The predicted molar refractivity (Wildman–Crippen MR) is 124 cm³/mol. The summed E-state index contributed by atoms with van der Waals surface area (Å²) in [7, 11) is 1.38. The number of benzene rings is 1. The fraction of sp³-hybridized carbons (Fsp3) is 0.348. The van der Waals surface area contributed by atoms with Gasteiger partial charge in [0.25, 0.3) is 5.56 Å². The minimum Gasteiger partial charge on any atom is -0.424 e. The fourth-order valence-corrected chi connectivity index (χ4v) is 3.65. The van der Waals surface area contributed by atoms with Gasteiger partial charge < -0.3 is 19.7 Å². The molecule has 0 unspecified atom stereocenters. The number of hydrogen-bond acceptors (Lipinski definition) is 9. The molecule has 3 aromatic rings. The second-order valence-electron chi connectivity index (χ2n) is 7.87. The number of esters is 2. The number of anilines is 1. The molecule has 0 radical (unpaired) electrons. The number of para-hydroxylation sites is 1. The van der Waals surface area contributed by atoms with Crippen molar-refractivity contribution in [2.45, 2.75) is 19.6 Å². The van der Waals surface area contributed by atoms with Crippen molar-refractivity contribution in [2.24, 2.45) is 7.05 Å².